The molecule has 0 bridgehead atoms. The number of rotatable bonds is 3. The van der Waals surface area contributed by atoms with Crippen LogP contribution in [0.5, 0.6) is 0 Å². The highest BCUT2D eigenvalue weighted by atomic mass is 16.7. The summed E-state index contributed by atoms with van der Waals surface area (Å²) in [4.78, 5) is 0. The van der Waals surface area contributed by atoms with Crippen molar-refractivity contribution >= 4 is 0 Å². The summed E-state index contributed by atoms with van der Waals surface area (Å²) in [6, 6.07) is 0. The number of ether oxygens (including phenoxy) is 3. The Labute approximate surface area is 239 Å². The number of fused-ring (bicyclic) bond motifs is 9. The first-order chi connectivity index (χ1) is 18.0. The molecule has 3 nitrogen and oxygen atoms in total. The first kappa shape index (κ1) is 28.5. The van der Waals surface area contributed by atoms with Crippen LogP contribution in [0.15, 0.2) is 24.3 Å². The Morgan fingerprint density at radius 2 is 1.62 bits per heavy atom. The minimum Gasteiger partial charge on any atom is -0.374 e. The zero-order valence-electron chi connectivity index (χ0n) is 26.8. The zero-order chi connectivity index (χ0) is 28.3. The third-order valence-electron chi connectivity index (χ3n) is 14.4. The van der Waals surface area contributed by atoms with E-state index in [0.717, 1.165) is 18.9 Å². The van der Waals surface area contributed by atoms with Crippen LogP contribution in [0.4, 0.5) is 0 Å². The van der Waals surface area contributed by atoms with Crippen LogP contribution in [-0.2, 0) is 14.2 Å². The molecule has 5 fully saturated rings. The summed E-state index contributed by atoms with van der Waals surface area (Å²) >= 11 is 0. The van der Waals surface area contributed by atoms with Crippen molar-refractivity contribution in [1.82, 2.24) is 0 Å². The molecule has 1 aliphatic heterocycles. The third kappa shape index (κ3) is 3.84. The van der Waals surface area contributed by atoms with Crippen LogP contribution in [0.2, 0.25) is 0 Å². The van der Waals surface area contributed by atoms with Crippen LogP contribution >= 0.6 is 0 Å². The predicted molar refractivity (Wildman–Crippen MR) is 159 cm³/mol. The van der Waals surface area contributed by atoms with Gasteiger partial charge in [-0.2, -0.15) is 0 Å². The van der Waals surface area contributed by atoms with Crippen molar-refractivity contribution < 1.29 is 14.2 Å². The smallest absolute Gasteiger partial charge is 0.163 e. The van der Waals surface area contributed by atoms with Crippen LogP contribution in [-0.4, -0.2) is 31.2 Å². The van der Waals surface area contributed by atoms with Gasteiger partial charge in [0.25, 0.3) is 0 Å². The molecule has 0 radical (unpaired) electrons. The molecule has 0 aromatic rings. The molecule has 4 saturated carbocycles. The average molecular weight is 539 g/mol. The lowest BCUT2D eigenvalue weighted by molar-refractivity contribution is -0.351. The van der Waals surface area contributed by atoms with E-state index < -0.39 is 5.79 Å². The summed E-state index contributed by atoms with van der Waals surface area (Å²) in [5, 5.41) is 0. The molecule has 3 heteroatoms. The van der Waals surface area contributed by atoms with Crippen LogP contribution in [0, 0.1) is 50.2 Å². The molecule has 39 heavy (non-hydrogen) atoms. The lowest BCUT2D eigenvalue weighted by Gasteiger charge is -2.72. The molecule has 1 saturated heterocycles. The Balaban J connectivity index is 1.37. The summed E-state index contributed by atoms with van der Waals surface area (Å²) in [6.45, 7) is 27.8. The fraction of sp³-hybridized carbons (Fsp3) is 0.889. The fourth-order valence-corrected chi connectivity index (χ4v) is 12.0. The second kappa shape index (κ2) is 8.70. The molecule has 0 spiro atoms. The molecule has 220 valence electrons. The van der Waals surface area contributed by atoms with E-state index in [1.54, 1.807) is 0 Å². The van der Waals surface area contributed by atoms with Crippen molar-refractivity contribution in [3.63, 3.8) is 0 Å². The highest BCUT2D eigenvalue weighted by Crippen LogP contribution is 2.76. The molecule has 0 N–H and O–H groups in total. The Bertz CT molecular complexity index is 1040. The third-order valence-corrected chi connectivity index (χ3v) is 14.4. The van der Waals surface area contributed by atoms with Gasteiger partial charge in [-0.1, -0.05) is 66.2 Å². The summed E-state index contributed by atoms with van der Waals surface area (Å²) in [6.07, 6.45) is 16.8. The Kier molecular flexibility index (Phi) is 6.35. The van der Waals surface area contributed by atoms with Gasteiger partial charge in [0.05, 0.1) is 25.4 Å². The molecule has 6 rings (SSSR count). The molecule has 10 unspecified atom stereocenters. The monoisotopic (exact) mass is 538 g/mol. The number of allylic oxidation sites excluding steroid dienone is 2. The maximum absolute atomic E-state index is 6.62. The van der Waals surface area contributed by atoms with Crippen molar-refractivity contribution in [2.24, 2.45) is 50.2 Å². The summed E-state index contributed by atoms with van der Waals surface area (Å²) in [5.41, 5.74) is 3.39. The second-order valence-corrected chi connectivity index (χ2v) is 17.4. The normalized spacial score (nSPS) is 53.7. The van der Waals surface area contributed by atoms with Gasteiger partial charge in [-0.3, -0.25) is 0 Å². The van der Waals surface area contributed by atoms with Gasteiger partial charge in [-0.25, -0.2) is 0 Å². The van der Waals surface area contributed by atoms with Crippen molar-refractivity contribution in [2.75, 3.05) is 13.2 Å². The fourth-order valence-electron chi connectivity index (χ4n) is 12.0. The zero-order valence-corrected chi connectivity index (χ0v) is 26.8. The molecule has 0 amide bonds. The largest absolute Gasteiger partial charge is 0.374 e. The van der Waals surface area contributed by atoms with E-state index in [4.69, 9.17) is 14.2 Å². The van der Waals surface area contributed by atoms with Crippen LogP contribution in [0.1, 0.15) is 120 Å². The van der Waals surface area contributed by atoms with Crippen molar-refractivity contribution in [2.45, 2.75) is 138 Å². The van der Waals surface area contributed by atoms with E-state index in [1.807, 2.05) is 11.6 Å². The molecule has 0 aromatic heterocycles. The first-order valence-electron chi connectivity index (χ1n) is 16.3. The average Bonchev–Trinajstić information content (AvgIpc) is 2.84. The van der Waals surface area contributed by atoms with Gasteiger partial charge in [0, 0.05) is 10.8 Å². The van der Waals surface area contributed by atoms with E-state index in [0.29, 0.717) is 46.9 Å². The molecular weight excluding hydrogens is 480 g/mol. The van der Waals surface area contributed by atoms with Gasteiger partial charge in [0.15, 0.2) is 5.79 Å². The van der Waals surface area contributed by atoms with Crippen molar-refractivity contribution in [1.29, 1.82) is 0 Å². The summed E-state index contributed by atoms with van der Waals surface area (Å²) in [7, 11) is 0. The van der Waals surface area contributed by atoms with Gasteiger partial charge < -0.3 is 14.2 Å². The van der Waals surface area contributed by atoms with Crippen molar-refractivity contribution in [3.8, 4) is 0 Å². The Morgan fingerprint density at radius 1 is 0.872 bits per heavy atom. The van der Waals surface area contributed by atoms with E-state index in [2.05, 4.69) is 75.0 Å². The summed E-state index contributed by atoms with van der Waals surface area (Å²) < 4.78 is 19.6. The van der Waals surface area contributed by atoms with Crippen LogP contribution in [0.3, 0.4) is 0 Å². The maximum Gasteiger partial charge on any atom is 0.163 e. The van der Waals surface area contributed by atoms with Crippen LogP contribution in [0.25, 0.3) is 0 Å². The minimum absolute atomic E-state index is 0.114. The van der Waals surface area contributed by atoms with E-state index >= 15 is 0 Å². The molecule has 1 heterocycles. The molecule has 5 aliphatic carbocycles. The molecular formula is C36H58O3. The van der Waals surface area contributed by atoms with Gasteiger partial charge >= 0.3 is 0 Å². The lowest BCUT2D eigenvalue weighted by atomic mass is 9.33. The quantitative estimate of drug-likeness (QED) is 0.335. The number of hydrogen-bond acceptors (Lipinski definition) is 3. The topological polar surface area (TPSA) is 27.7 Å². The molecule has 10 atom stereocenters. The van der Waals surface area contributed by atoms with E-state index in [1.165, 1.54) is 51.4 Å². The predicted octanol–water partition coefficient (Wildman–Crippen LogP) is 9.12. The maximum atomic E-state index is 6.62. The highest BCUT2D eigenvalue weighted by Gasteiger charge is 2.70. The molecule has 0 aromatic carbocycles. The minimum atomic E-state index is -0.452. The first-order valence-corrected chi connectivity index (χ1v) is 16.3. The van der Waals surface area contributed by atoms with E-state index in [-0.39, 0.29) is 16.2 Å². The van der Waals surface area contributed by atoms with Crippen LogP contribution < -0.4 is 0 Å². The van der Waals surface area contributed by atoms with Gasteiger partial charge in [-0.15, -0.1) is 6.58 Å². The SMILES string of the molecule is C=CCOC1CC(C)(C)CC2C3=CCC4C5(C)CCC6OC(C)(C)OCC6(C)C5CCC4(C)C3(C)CCC12C. The summed E-state index contributed by atoms with van der Waals surface area (Å²) in [5.74, 6) is 1.55. The van der Waals surface area contributed by atoms with Crippen molar-refractivity contribution in [3.05, 3.63) is 24.3 Å². The van der Waals surface area contributed by atoms with Gasteiger partial charge in [0.2, 0.25) is 0 Å². The Hall–Kier alpha value is -0.640. The van der Waals surface area contributed by atoms with Gasteiger partial charge in [0.1, 0.15) is 0 Å². The lowest BCUT2D eigenvalue weighted by Crippen LogP contribution is -2.68. The second-order valence-electron chi connectivity index (χ2n) is 17.4. The highest BCUT2D eigenvalue weighted by molar-refractivity contribution is 5.34. The molecule has 6 aliphatic rings. The van der Waals surface area contributed by atoms with Gasteiger partial charge in [-0.05, 0) is 111 Å². The van der Waals surface area contributed by atoms with E-state index in [9.17, 15) is 0 Å². The Morgan fingerprint density at radius 3 is 2.33 bits per heavy atom. The number of hydrogen-bond donors (Lipinski definition) is 0. The standard InChI is InChI=1S/C36H58O3/c1-11-20-37-29-22-30(2,3)21-25-24-12-13-27-33(7)16-15-28-34(8,23-38-31(4,5)39-28)26(33)14-17-36(27,10)35(24,9)19-18-32(25,29)6/h11-12,25-29H,1,13-23H2,2-10H3.